The lowest BCUT2D eigenvalue weighted by Gasteiger charge is -2.11. The maximum absolute atomic E-state index is 12.2. The summed E-state index contributed by atoms with van der Waals surface area (Å²) in [7, 11) is 0. The van der Waals surface area contributed by atoms with Gasteiger partial charge in [-0.2, -0.15) is 11.3 Å². The van der Waals surface area contributed by atoms with Crippen molar-refractivity contribution in [1.29, 1.82) is 0 Å². The molecule has 7 heteroatoms. The maximum Gasteiger partial charge on any atom is 0.265 e. The number of nitrogen functional groups attached to an aromatic ring is 1. The highest BCUT2D eigenvalue weighted by Gasteiger charge is 2.18. The molecule has 2 heterocycles. The van der Waals surface area contributed by atoms with Crippen molar-refractivity contribution in [3.63, 3.8) is 0 Å². The number of anilines is 2. The lowest BCUT2D eigenvalue weighted by atomic mass is 10.2. The first-order valence-corrected chi connectivity index (χ1v) is 8.21. The van der Waals surface area contributed by atoms with Crippen molar-refractivity contribution < 1.29 is 4.79 Å². The summed E-state index contributed by atoms with van der Waals surface area (Å²) in [4.78, 5) is 16.8. The summed E-state index contributed by atoms with van der Waals surface area (Å²) in [6, 6.07) is 1.96. The van der Waals surface area contributed by atoms with E-state index >= 15 is 0 Å². The normalized spacial score (nSPS) is 12.1. The SMILES string of the molecule is CCCNc1nc(N)c(C(=O)NC(C)c2ccsc2)s1. The summed E-state index contributed by atoms with van der Waals surface area (Å²) in [6.07, 6.45) is 0.996. The highest BCUT2D eigenvalue weighted by molar-refractivity contribution is 7.18. The van der Waals surface area contributed by atoms with Gasteiger partial charge in [0.1, 0.15) is 10.7 Å². The third kappa shape index (κ3) is 3.49. The van der Waals surface area contributed by atoms with Crippen LogP contribution in [0.3, 0.4) is 0 Å². The molecule has 0 spiro atoms. The number of rotatable bonds is 6. The first-order chi connectivity index (χ1) is 9.61. The van der Waals surface area contributed by atoms with E-state index in [4.69, 9.17) is 5.73 Å². The lowest BCUT2D eigenvalue weighted by molar-refractivity contribution is 0.0944. The van der Waals surface area contributed by atoms with E-state index in [1.807, 2.05) is 23.8 Å². The van der Waals surface area contributed by atoms with Gasteiger partial charge >= 0.3 is 0 Å². The van der Waals surface area contributed by atoms with Crippen molar-refractivity contribution in [3.8, 4) is 0 Å². The molecule has 1 unspecified atom stereocenters. The van der Waals surface area contributed by atoms with Crippen molar-refractivity contribution in [1.82, 2.24) is 10.3 Å². The third-order valence-corrected chi connectivity index (χ3v) is 4.51. The number of carbonyl (C=O) groups excluding carboxylic acids is 1. The molecule has 0 aromatic carbocycles. The number of thiophene rings is 1. The summed E-state index contributed by atoms with van der Waals surface area (Å²) in [5.74, 6) is 0.104. The summed E-state index contributed by atoms with van der Waals surface area (Å²) in [5.41, 5.74) is 6.90. The molecular weight excluding hydrogens is 292 g/mol. The van der Waals surface area contributed by atoms with E-state index in [9.17, 15) is 4.79 Å². The number of nitrogens with zero attached hydrogens (tertiary/aromatic N) is 1. The van der Waals surface area contributed by atoms with Crippen LogP contribution in [0.2, 0.25) is 0 Å². The van der Waals surface area contributed by atoms with Crippen molar-refractivity contribution in [2.24, 2.45) is 0 Å². The quantitative estimate of drug-likeness (QED) is 0.766. The van der Waals surface area contributed by atoms with Gasteiger partial charge < -0.3 is 16.4 Å². The molecule has 0 radical (unpaired) electrons. The second kappa shape index (κ2) is 6.71. The van der Waals surface area contributed by atoms with Crippen LogP contribution >= 0.6 is 22.7 Å². The molecule has 0 bridgehead atoms. The number of nitrogens with one attached hydrogen (secondary N) is 2. The van der Waals surface area contributed by atoms with Crippen LogP contribution in [-0.2, 0) is 0 Å². The van der Waals surface area contributed by atoms with Crippen LogP contribution in [0.4, 0.5) is 10.9 Å². The Balaban J connectivity index is 2.03. The van der Waals surface area contributed by atoms with Gasteiger partial charge in [-0.3, -0.25) is 4.79 Å². The summed E-state index contributed by atoms with van der Waals surface area (Å²) in [5, 5.41) is 10.8. The number of aromatic nitrogens is 1. The van der Waals surface area contributed by atoms with E-state index in [0.29, 0.717) is 10.0 Å². The Morgan fingerprint density at radius 3 is 3.00 bits per heavy atom. The van der Waals surface area contributed by atoms with Crippen LogP contribution < -0.4 is 16.4 Å². The highest BCUT2D eigenvalue weighted by Crippen LogP contribution is 2.26. The minimum Gasteiger partial charge on any atom is -0.382 e. The standard InChI is InChI=1S/C13H18N4OS2/c1-3-5-15-13-17-11(14)10(20-13)12(18)16-8(2)9-4-6-19-7-9/h4,6-8H,3,5,14H2,1-2H3,(H,15,17)(H,16,18). The number of amides is 1. The lowest BCUT2D eigenvalue weighted by Crippen LogP contribution is -2.26. The van der Waals surface area contributed by atoms with Crippen molar-refractivity contribution in [3.05, 3.63) is 27.3 Å². The fourth-order valence-electron chi connectivity index (χ4n) is 1.67. The van der Waals surface area contributed by atoms with Gasteiger partial charge in [0, 0.05) is 6.54 Å². The number of thiazole rings is 1. The number of hydrogen-bond donors (Lipinski definition) is 3. The highest BCUT2D eigenvalue weighted by atomic mass is 32.1. The molecule has 0 aliphatic rings. The van der Waals surface area contributed by atoms with Gasteiger partial charge in [0.05, 0.1) is 6.04 Å². The van der Waals surface area contributed by atoms with Crippen molar-refractivity contribution >= 4 is 39.5 Å². The molecule has 1 atom stereocenters. The fourth-order valence-corrected chi connectivity index (χ4v) is 3.24. The largest absolute Gasteiger partial charge is 0.382 e. The van der Waals surface area contributed by atoms with E-state index < -0.39 is 0 Å². The average Bonchev–Trinajstić information content (AvgIpc) is 3.05. The van der Waals surface area contributed by atoms with E-state index in [1.165, 1.54) is 11.3 Å². The molecule has 0 saturated heterocycles. The second-order valence-corrected chi connectivity index (χ2v) is 6.19. The van der Waals surface area contributed by atoms with Crippen LogP contribution in [0, 0.1) is 0 Å². The Hall–Kier alpha value is -1.60. The molecule has 2 aromatic rings. The molecule has 20 heavy (non-hydrogen) atoms. The van der Waals surface area contributed by atoms with E-state index in [0.717, 1.165) is 18.5 Å². The Kier molecular flexibility index (Phi) is 4.97. The molecule has 0 fully saturated rings. The van der Waals surface area contributed by atoms with Crippen LogP contribution in [0.25, 0.3) is 0 Å². The molecule has 1 amide bonds. The molecule has 2 rings (SSSR count). The minimum absolute atomic E-state index is 0.0395. The van der Waals surface area contributed by atoms with Crippen LogP contribution in [-0.4, -0.2) is 17.4 Å². The molecule has 0 aliphatic heterocycles. The molecule has 2 aromatic heterocycles. The molecule has 4 N–H and O–H groups in total. The van der Waals surface area contributed by atoms with Crippen LogP contribution in [0.1, 0.15) is 41.5 Å². The zero-order valence-electron chi connectivity index (χ0n) is 11.5. The summed E-state index contributed by atoms with van der Waals surface area (Å²) < 4.78 is 0. The second-order valence-electron chi connectivity index (χ2n) is 4.41. The smallest absolute Gasteiger partial charge is 0.265 e. The first kappa shape index (κ1) is 14.8. The first-order valence-electron chi connectivity index (χ1n) is 6.45. The number of hydrogen-bond acceptors (Lipinski definition) is 6. The molecule has 0 aliphatic carbocycles. The van der Waals surface area contributed by atoms with E-state index in [-0.39, 0.29) is 17.8 Å². The Morgan fingerprint density at radius 1 is 1.55 bits per heavy atom. The molecule has 0 saturated carbocycles. The van der Waals surface area contributed by atoms with Gasteiger partial charge in [0.15, 0.2) is 5.13 Å². The van der Waals surface area contributed by atoms with Gasteiger partial charge in [-0.15, -0.1) is 0 Å². The Labute approximate surface area is 126 Å². The van der Waals surface area contributed by atoms with Gasteiger partial charge in [-0.1, -0.05) is 18.3 Å². The topological polar surface area (TPSA) is 80.0 Å². The third-order valence-electron chi connectivity index (χ3n) is 2.78. The molecule has 5 nitrogen and oxygen atoms in total. The summed E-state index contributed by atoms with van der Waals surface area (Å²) >= 11 is 2.90. The van der Waals surface area contributed by atoms with Crippen LogP contribution in [0.5, 0.6) is 0 Å². The Bertz CT molecular complexity index is 565. The van der Waals surface area contributed by atoms with Gasteiger partial charge in [-0.25, -0.2) is 4.98 Å². The van der Waals surface area contributed by atoms with Crippen molar-refractivity contribution in [2.45, 2.75) is 26.3 Å². The Morgan fingerprint density at radius 2 is 2.35 bits per heavy atom. The van der Waals surface area contributed by atoms with E-state index in [2.05, 4.69) is 22.5 Å². The van der Waals surface area contributed by atoms with Gasteiger partial charge in [0.2, 0.25) is 0 Å². The van der Waals surface area contributed by atoms with Crippen molar-refractivity contribution in [2.75, 3.05) is 17.6 Å². The number of carbonyl (C=O) groups is 1. The van der Waals surface area contributed by atoms with Crippen LogP contribution in [0.15, 0.2) is 16.8 Å². The predicted octanol–water partition coefficient (Wildman–Crippen LogP) is 3.10. The average molecular weight is 310 g/mol. The molecular formula is C13H18N4OS2. The summed E-state index contributed by atoms with van der Waals surface area (Å²) in [6.45, 7) is 4.84. The van der Waals surface area contributed by atoms with Gasteiger partial charge in [-0.05, 0) is 35.7 Å². The monoisotopic (exact) mass is 310 g/mol. The van der Waals surface area contributed by atoms with Gasteiger partial charge in [0.25, 0.3) is 5.91 Å². The number of nitrogens with two attached hydrogens (primary N) is 1. The molecule has 108 valence electrons. The minimum atomic E-state index is -0.178. The van der Waals surface area contributed by atoms with E-state index in [1.54, 1.807) is 11.3 Å². The zero-order chi connectivity index (χ0) is 14.5. The zero-order valence-corrected chi connectivity index (χ0v) is 13.1. The predicted molar refractivity (Wildman–Crippen MR) is 85.5 cm³/mol. The maximum atomic E-state index is 12.2. The fraction of sp³-hybridized carbons (Fsp3) is 0.385.